The van der Waals surface area contributed by atoms with E-state index in [9.17, 15) is 4.79 Å². The molecule has 17 heavy (non-hydrogen) atoms. The number of aliphatic carboxylic acids is 1. The monoisotopic (exact) mass is 257 g/mol. The summed E-state index contributed by atoms with van der Waals surface area (Å²) in [4.78, 5) is 10.8. The number of nitrogens with two attached hydrogens (primary N) is 1. The van der Waals surface area contributed by atoms with Crippen LogP contribution in [0, 0.1) is 0 Å². The van der Waals surface area contributed by atoms with Gasteiger partial charge in [-0.1, -0.05) is 11.6 Å². The number of rotatable bonds is 2. The third kappa shape index (κ3) is 2.16. The molecule has 5 nitrogen and oxygen atoms in total. The Balaban J connectivity index is 2.44. The van der Waals surface area contributed by atoms with Crippen molar-refractivity contribution in [2.45, 2.75) is 25.7 Å². The zero-order chi connectivity index (χ0) is 12.8. The summed E-state index contributed by atoms with van der Waals surface area (Å²) in [5, 5.41) is 9.11. The number of carbonyl (C=O) groups is 1. The van der Waals surface area contributed by atoms with Gasteiger partial charge in [-0.25, -0.2) is 0 Å². The maximum Gasteiger partial charge on any atom is 0.325 e. The van der Waals surface area contributed by atoms with Gasteiger partial charge >= 0.3 is 5.97 Å². The van der Waals surface area contributed by atoms with E-state index in [-0.39, 0.29) is 5.02 Å². The van der Waals surface area contributed by atoms with Gasteiger partial charge in [0.15, 0.2) is 11.5 Å². The number of ether oxygens (including phenoxy) is 2. The molecule has 0 saturated carbocycles. The van der Waals surface area contributed by atoms with Gasteiger partial charge < -0.3 is 20.3 Å². The molecule has 0 aliphatic carbocycles. The van der Waals surface area contributed by atoms with E-state index >= 15 is 0 Å². The third-order valence-electron chi connectivity index (χ3n) is 2.38. The van der Waals surface area contributed by atoms with E-state index < -0.39 is 17.8 Å². The molecule has 1 unspecified atom stereocenters. The highest BCUT2D eigenvalue weighted by atomic mass is 35.5. The van der Waals surface area contributed by atoms with E-state index in [2.05, 4.69) is 0 Å². The van der Waals surface area contributed by atoms with Crippen LogP contribution in [-0.2, 0) is 4.79 Å². The fourth-order valence-corrected chi connectivity index (χ4v) is 1.90. The average Bonchev–Trinajstić information content (AvgIpc) is 2.48. The minimum Gasteiger partial charge on any atom is -0.480 e. The molecule has 3 N–H and O–H groups in total. The molecule has 6 heteroatoms. The zero-order valence-electron chi connectivity index (χ0n) is 9.36. The van der Waals surface area contributed by atoms with Gasteiger partial charge in [0.2, 0.25) is 5.79 Å². The highest BCUT2D eigenvalue weighted by molar-refractivity contribution is 6.31. The van der Waals surface area contributed by atoms with Crippen molar-refractivity contribution in [3.63, 3.8) is 0 Å². The molecule has 2 rings (SSSR count). The fraction of sp³-hybridized carbons (Fsp3) is 0.364. The van der Waals surface area contributed by atoms with Crippen LogP contribution < -0.4 is 15.2 Å². The van der Waals surface area contributed by atoms with E-state index in [1.807, 2.05) is 0 Å². The number of carboxylic acids is 1. The second-order valence-corrected chi connectivity index (χ2v) is 4.65. The summed E-state index contributed by atoms with van der Waals surface area (Å²) >= 11 is 5.96. The summed E-state index contributed by atoms with van der Waals surface area (Å²) in [7, 11) is 0. The van der Waals surface area contributed by atoms with Gasteiger partial charge in [0, 0.05) is 30.5 Å². The molecule has 0 spiro atoms. The van der Waals surface area contributed by atoms with Crippen molar-refractivity contribution in [2.75, 3.05) is 0 Å². The number of hydrogen-bond donors (Lipinski definition) is 2. The molecule has 0 aromatic heterocycles. The summed E-state index contributed by atoms with van der Waals surface area (Å²) in [6.07, 6.45) is 0. The lowest BCUT2D eigenvalue weighted by Gasteiger charge is -2.16. The van der Waals surface area contributed by atoms with Gasteiger partial charge in [-0.3, -0.25) is 4.79 Å². The maximum absolute atomic E-state index is 10.8. The van der Waals surface area contributed by atoms with Gasteiger partial charge in [-0.05, 0) is 6.07 Å². The van der Waals surface area contributed by atoms with Crippen LogP contribution in [0.15, 0.2) is 12.1 Å². The molecule has 0 radical (unpaired) electrons. The molecule has 0 fully saturated rings. The first-order valence-electron chi connectivity index (χ1n) is 5.00. The third-order valence-corrected chi connectivity index (χ3v) is 2.70. The number of fused-ring (bicyclic) bond motifs is 1. The Bertz CT molecular complexity index is 487. The largest absolute Gasteiger partial charge is 0.480 e. The summed E-state index contributed by atoms with van der Waals surface area (Å²) in [5.74, 6) is -0.991. The first-order chi connectivity index (χ1) is 7.80. The van der Waals surface area contributed by atoms with Gasteiger partial charge in [0.1, 0.15) is 6.04 Å². The quantitative estimate of drug-likeness (QED) is 0.846. The average molecular weight is 258 g/mol. The Kier molecular flexibility index (Phi) is 2.67. The van der Waals surface area contributed by atoms with Crippen molar-refractivity contribution in [3.8, 4) is 11.5 Å². The lowest BCUT2D eigenvalue weighted by atomic mass is 10.1. The van der Waals surface area contributed by atoms with Crippen LogP contribution in [0.3, 0.4) is 0 Å². The predicted molar refractivity (Wildman–Crippen MR) is 61.4 cm³/mol. The molecule has 0 saturated heterocycles. The Labute approximate surface area is 103 Å². The van der Waals surface area contributed by atoms with Crippen LogP contribution in [0.1, 0.15) is 25.5 Å². The van der Waals surface area contributed by atoms with Crippen LogP contribution in [0.2, 0.25) is 5.02 Å². The van der Waals surface area contributed by atoms with E-state index in [0.717, 1.165) is 0 Å². The van der Waals surface area contributed by atoms with E-state index in [1.165, 1.54) is 12.1 Å². The van der Waals surface area contributed by atoms with Gasteiger partial charge in [-0.15, -0.1) is 0 Å². The van der Waals surface area contributed by atoms with Crippen molar-refractivity contribution in [1.82, 2.24) is 0 Å². The van der Waals surface area contributed by atoms with E-state index in [4.69, 9.17) is 31.9 Å². The topological polar surface area (TPSA) is 81.8 Å². The highest BCUT2D eigenvalue weighted by Crippen LogP contribution is 2.43. The first-order valence-corrected chi connectivity index (χ1v) is 5.38. The molecule has 92 valence electrons. The Hall–Kier alpha value is -1.46. The molecule has 0 amide bonds. The van der Waals surface area contributed by atoms with E-state index in [1.54, 1.807) is 13.8 Å². The molecular formula is C11H12ClNO4. The molecule has 1 aliphatic rings. The Morgan fingerprint density at radius 3 is 2.47 bits per heavy atom. The second kappa shape index (κ2) is 3.78. The molecule has 1 atom stereocenters. The normalized spacial score (nSPS) is 17.9. The first kappa shape index (κ1) is 12.0. The molecule has 0 bridgehead atoms. The number of halogens is 1. The number of benzene rings is 1. The van der Waals surface area contributed by atoms with Crippen molar-refractivity contribution < 1.29 is 19.4 Å². The van der Waals surface area contributed by atoms with Gasteiger partial charge in [0.25, 0.3) is 0 Å². The summed E-state index contributed by atoms with van der Waals surface area (Å²) in [5.41, 5.74) is 5.82. The van der Waals surface area contributed by atoms with Crippen LogP contribution in [0.5, 0.6) is 11.5 Å². The van der Waals surface area contributed by atoms with Crippen LogP contribution in [0.25, 0.3) is 0 Å². The minimum atomic E-state index is -1.18. The van der Waals surface area contributed by atoms with E-state index in [0.29, 0.717) is 17.1 Å². The van der Waals surface area contributed by atoms with Crippen molar-refractivity contribution in [1.29, 1.82) is 0 Å². The molecule has 1 aromatic carbocycles. The smallest absolute Gasteiger partial charge is 0.325 e. The summed E-state index contributed by atoms with van der Waals surface area (Å²) in [6, 6.07) is 1.84. The molecule has 1 aromatic rings. The maximum atomic E-state index is 10.8. The van der Waals surface area contributed by atoms with Crippen molar-refractivity contribution in [2.24, 2.45) is 5.73 Å². The second-order valence-electron chi connectivity index (χ2n) is 4.24. The van der Waals surface area contributed by atoms with Crippen molar-refractivity contribution >= 4 is 17.6 Å². The van der Waals surface area contributed by atoms with Gasteiger partial charge in [0.05, 0.1) is 0 Å². The highest BCUT2D eigenvalue weighted by Gasteiger charge is 2.33. The molecule has 1 aliphatic heterocycles. The summed E-state index contributed by atoms with van der Waals surface area (Å²) < 4.78 is 11.0. The predicted octanol–water partition coefficient (Wildman–Crippen LogP) is 1.93. The van der Waals surface area contributed by atoms with Crippen LogP contribution in [-0.4, -0.2) is 16.9 Å². The SMILES string of the molecule is CC1(C)Oc2cc(Cl)c(C(N)C(=O)O)cc2O1. The molecule has 1 heterocycles. The van der Waals surface area contributed by atoms with Crippen LogP contribution >= 0.6 is 11.6 Å². The lowest BCUT2D eigenvalue weighted by molar-refractivity contribution is -0.138. The number of hydrogen-bond acceptors (Lipinski definition) is 4. The summed E-state index contributed by atoms with van der Waals surface area (Å²) in [6.45, 7) is 3.50. The minimum absolute atomic E-state index is 0.250. The van der Waals surface area contributed by atoms with Crippen LogP contribution in [0.4, 0.5) is 0 Å². The van der Waals surface area contributed by atoms with Crippen molar-refractivity contribution in [3.05, 3.63) is 22.7 Å². The zero-order valence-corrected chi connectivity index (χ0v) is 10.1. The number of carboxylic acid groups (broad SMARTS) is 1. The Morgan fingerprint density at radius 2 is 1.94 bits per heavy atom. The lowest BCUT2D eigenvalue weighted by Crippen LogP contribution is -2.29. The van der Waals surface area contributed by atoms with Gasteiger partial charge in [-0.2, -0.15) is 0 Å². The Morgan fingerprint density at radius 1 is 1.41 bits per heavy atom. The standard InChI is InChI=1S/C11H12ClNO4/c1-11(2)16-7-3-5(9(13)10(14)15)6(12)4-8(7)17-11/h3-4,9H,13H2,1-2H3,(H,14,15). The fourth-order valence-electron chi connectivity index (χ4n) is 1.63. The molecular weight excluding hydrogens is 246 g/mol.